The normalized spacial score (nSPS) is 11.6. The molecule has 1 aromatic heterocycles. The van der Waals surface area contributed by atoms with Crippen LogP contribution in [0.5, 0.6) is 5.75 Å². The summed E-state index contributed by atoms with van der Waals surface area (Å²) in [6.07, 6.45) is -4.03. The third-order valence-corrected chi connectivity index (χ3v) is 2.63. The number of nitrogens with zero attached hydrogens (tertiary/aromatic N) is 2. The first-order chi connectivity index (χ1) is 9.92. The van der Waals surface area contributed by atoms with Crippen molar-refractivity contribution in [3.05, 3.63) is 41.5 Å². The summed E-state index contributed by atoms with van der Waals surface area (Å²) in [5.74, 6) is 1.24. The lowest BCUT2D eigenvalue weighted by atomic mass is 10.2. The van der Waals surface area contributed by atoms with Gasteiger partial charge in [-0.3, -0.25) is 5.10 Å². The Balaban J connectivity index is 1.79. The van der Waals surface area contributed by atoms with E-state index in [1.807, 2.05) is 6.92 Å². The highest BCUT2D eigenvalue weighted by molar-refractivity contribution is 5.28. The summed E-state index contributed by atoms with van der Waals surface area (Å²) in [5, 5.41) is 9.86. The van der Waals surface area contributed by atoms with Gasteiger partial charge in [0, 0.05) is 19.5 Å². The van der Waals surface area contributed by atoms with Gasteiger partial charge in [-0.15, -0.1) is 13.2 Å². The summed E-state index contributed by atoms with van der Waals surface area (Å²) >= 11 is 0. The Hall–Kier alpha value is -2.09. The Kier molecular flexibility index (Phi) is 4.79. The van der Waals surface area contributed by atoms with Crippen molar-refractivity contribution in [1.82, 2.24) is 20.5 Å². The van der Waals surface area contributed by atoms with Gasteiger partial charge in [-0.2, -0.15) is 5.10 Å². The van der Waals surface area contributed by atoms with Gasteiger partial charge in [0.1, 0.15) is 11.6 Å². The van der Waals surface area contributed by atoms with Gasteiger partial charge < -0.3 is 10.1 Å². The van der Waals surface area contributed by atoms with Gasteiger partial charge in [-0.05, 0) is 24.6 Å². The molecule has 0 saturated carbocycles. The number of hydrogen-bond donors (Lipinski definition) is 2. The molecule has 1 aromatic carbocycles. The lowest BCUT2D eigenvalue weighted by molar-refractivity contribution is -0.274. The minimum atomic E-state index is -4.67. The van der Waals surface area contributed by atoms with Crippen LogP contribution in [0.2, 0.25) is 0 Å². The lowest BCUT2D eigenvalue weighted by Crippen LogP contribution is -2.19. The second-order valence-corrected chi connectivity index (χ2v) is 4.46. The van der Waals surface area contributed by atoms with E-state index in [1.165, 1.54) is 18.2 Å². The molecule has 2 N–H and O–H groups in total. The van der Waals surface area contributed by atoms with Gasteiger partial charge in [-0.25, -0.2) is 4.98 Å². The zero-order valence-corrected chi connectivity index (χ0v) is 11.4. The number of aromatic amines is 1. The molecule has 0 saturated heterocycles. The summed E-state index contributed by atoms with van der Waals surface area (Å²) in [7, 11) is 0. The maximum absolute atomic E-state index is 12.1. The number of aryl methyl sites for hydroxylation is 1. The third-order valence-electron chi connectivity index (χ3n) is 2.63. The quantitative estimate of drug-likeness (QED) is 0.804. The Morgan fingerprint density at radius 1 is 1.33 bits per heavy atom. The molecule has 21 heavy (non-hydrogen) atoms. The van der Waals surface area contributed by atoms with Gasteiger partial charge in [0.2, 0.25) is 0 Å². The number of aromatic nitrogens is 3. The Labute approximate surface area is 119 Å². The zero-order valence-electron chi connectivity index (χ0n) is 11.4. The van der Waals surface area contributed by atoms with Crippen molar-refractivity contribution in [2.45, 2.75) is 26.3 Å². The van der Waals surface area contributed by atoms with Gasteiger partial charge in [-0.1, -0.05) is 12.1 Å². The number of rotatable bonds is 6. The predicted octanol–water partition coefficient (Wildman–Crippen LogP) is 2.34. The highest BCUT2D eigenvalue weighted by atomic mass is 19.4. The Bertz CT molecular complexity index is 583. The molecule has 0 atom stereocenters. The maximum Gasteiger partial charge on any atom is 0.573 e. The molecule has 0 unspecified atom stereocenters. The lowest BCUT2D eigenvalue weighted by Gasteiger charge is -2.10. The molecule has 2 aromatic rings. The van der Waals surface area contributed by atoms with E-state index < -0.39 is 6.36 Å². The number of ether oxygens (including phenoxy) is 1. The summed E-state index contributed by atoms with van der Waals surface area (Å²) in [5.41, 5.74) is 0.711. The van der Waals surface area contributed by atoms with Gasteiger partial charge in [0.15, 0.2) is 5.82 Å². The fourth-order valence-electron chi connectivity index (χ4n) is 1.79. The van der Waals surface area contributed by atoms with Crippen LogP contribution in [0, 0.1) is 6.92 Å². The van der Waals surface area contributed by atoms with E-state index in [9.17, 15) is 13.2 Å². The van der Waals surface area contributed by atoms with Gasteiger partial charge >= 0.3 is 6.36 Å². The first-order valence-electron chi connectivity index (χ1n) is 6.36. The number of halogens is 3. The first kappa shape index (κ1) is 15.3. The number of H-pyrrole nitrogens is 1. The minimum absolute atomic E-state index is 0.216. The summed E-state index contributed by atoms with van der Waals surface area (Å²) in [6, 6.07) is 5.88. The molecule has 0 amide bonds. The highest BCUT2D eigenvalue weighted by Gasteiger charge is 2.31. The summed E-state index contributed by atoms with van der Waals surface area (Å²) in [4.78, 5) is 4.16. The minimum Gasteiger partial charge on any atom is -0.406 e. The number of alkyl halides is 3. The van der Waals surface area contributed by atoms with E-state index in [1.54, 1.807) is 6.07 Å². The SMILES string of the molecule is Cc1nc(CCNCc2cccc(OC(F)(F)F)c2)n[nH]1. The molecule has 8 heteroatoms. The van der Waals surface area contributed by atoms with E-state index in [0.29, 0.717) is 30.9 Å². The summed E-state index contributed by atoms with van der Waals surface area (Å²) < 4.78 is 40.2. The highest BCUT2D eigenvalue weighted by Crippen LogP contribution is 2.23. The second-order valence-electron chi connectivity index (χ2n) is 4.46. The zero-order chi connectivity index (χ0) is 15.3. The van der Waals surface area contributed by atoms with E-state index in [0.717, 1.165) is 5.82 Å². The molecule has 2 rings (SSSR count). The number of benzene rings is 1. The van der Waals surface area contributed by atoms with Crippen LogP contribution in [-0.4, -0.2) is 28.1 Å². The molecule has 0 aliphatic rings. The molecule has 1 heterocycles. The van der Waals surface area contributed by atoms with Crippen LogP contribution < -0.4 is 10.1 Å². The van der Waals surface area contributed by atoms with Gasteiger partial charge in [0.25, 0.3) is 0 Å². The first-order valence-corrected chi connectivity index (χ1v) is 6.36. The molecule has 0 spiro atoms. The van der Waals surface area contributed by atoms with Crippen molar-refractivity contribution in [3.8, 4) is 5.75 Å². The molecular formula is C13H15F3N4O. The number of hydrogen-bond acceptors (Lipinski definition) is 4. The van der Waals surface area contributed by atoms with Crippen molar-refractivity contribution in [3.63, 3.8) is 0 Å². The van der Waals surface area contributed by atoms with Crippen LogP contribution >= 0.6 is 0 Å². The van der Waals surface area contributed by atoms with E-state index >= 15 is 0 Å². The maximum atomic E-state index is 12.1. The van der Waals surface area contributed by atoms with Crippen molar-refractivity contribution in [1.29, 1.82) is 0 Å². The van der Waals surface area contributed by atoms with E-state index in [-0.39, 0.29) is 5.75 Å². The average molecular weight is 300 g/mol. The predicted molar refractivity (Wildman–Crippen MR) is 69.7 cm³/mol. The van der Waals surface area contributed by atoms with E-state index in [4.69, 9.17) is 0 Å². The van der Waals surface area contributed by atoms with Gasteiger partial charge in [0.05, 0.1) is 0 Å². The standard InChI is InChI=1S/C13H15F3N4O/c1-9-18-12(20-19-9)5-6-17-8-10-3-2-4-11(7-10)21-13(14,15)16/h2-4,7,17H,5-6,8H2,1H3,(H,18,19,20). The average Bonchev–Trinajstić information content (AvgIpc) is 2.79. The topological polar surface area (TPSA) is 62.8 Å². The molecule has 0 radical (unpaired) electrons. The molecule has 0 bridgehead atoms. The largest absolute Gasteiger partial charge is 0.573 e. The molecule has 0 fully saturated rings. The molecule has 0 aliphatic carbocycles. The molecular weight excluding hydrogens is 285 g/mol. The number of nitrogens with one attached hydrogen (secondary N) is 2. The summed E-state index contributed by atoms with van der Waals surface area (Å²) in [6.45, 7) is 2.89. The van der Waals surface area contributed by atoms with Crippen LogP contribution in [0.4, 0.5) is 13.2 Å². The molecule has 114 valence electrons. The van der Waals surface area contributed by atoms with Crippen molar-refractivity contribution >= 4 is 0 Å². The van der Waals surface area contributed by atoms with Crippen molar-refractivity contribution in [2.75, 3.05) is 6.54 Å². The monoisotopic (exact) mass is 300 g/mol. The Morgan fingerprint density at radius 2 is 2.14 bits per heavy atom. The third kappa shape index (κ3) is 5.42. The van der Waals surface area contributed by atoms with Crippen LogP contribution in [0.1, 0.15) is 17.2 Å². The molecule has 0 aliphatic heterocycles. The Morgan fingerprint density at radius 3 is 2.81 bits per heavy atom. The smallest absolute Gasteiger partial charge is 0.406 e. The molecule has 5 nitrogen and oxygen atoms in total. The fourth-order valence-corrected chi connectivity index (χ4v) is 1.79. The van der Waals surface area contributed by atoms with Crippen molar-refractivity contribution < 1.29 is 17.9 Å². The van der Waals surface area contributed by atoms with Crippen LogP contribution in [0.15, 0.2) is 24.3 Å². The van der Waals surface area contributed by atoms with Crippen LogP contribution in [-0.2, 0) is 13.0 Å². The van der Waals surface area contributed by atoms with E-state index in [2.05, 4.69) is 25.2 Å². The van der Waals surface area contributed by atoms with Crippen LogP contribution in [0.25, 0.3) is 0 Å². The van der Waals surface area contributed by atoms with Crippen molar-refractivity contribution in [2.24, 2.45) is 0 Å². The fraction of sp³-hybridized carbons (Fsp3) is 0.385. The van der Waals surface area contributed by atoms with Crippen LogP contribution in [0.3, 0.4) is 0 Å². The second kappa shape index (κ2) is 6.57.